The number of aliphatic hydroxyl groups is 2. The highest BCUT2D eigenvalue weighted by Crippen LogP contribution is 2.20. The molecule has 0 fully saturated rings. The predicted molar refractivity (Wildman–Crippen MR) is 116 cm³/mol. The summed E-state index contributed by atoms with van der Waals surface area (Å²) >= 11 is 15.2. The van der Waals surface area contributed by atoms with Crippen molar-refractivity contribution in [3.8, 4) is 0 Å². The number of rotatable bonds is 7. The fourth-order valence-corrected chi connectivity index (χ4v) is 3.53. The second-order valence-electron chi connectivity index (χ2n) is 6.64. The lowest BCUT2D eigenvalue weighted by molar-refractivity contribution is -0.152. The smallest absolute Gasteiger partial charge is 0.254 e. The first-order valence-electron chi connectivity index (χ1n) is 8.70. The molecule has 6 nitrogen and oxygen atoms in total. The SMILES string of the molecule is CC(NC(=O)C(O)C(O)C(=O)N(C)Cc1cc(Cl)cc(Cl)c1)c1ccc(Br)cc1. The first-order chi connectivity index (χ1) is 13.6. The van der Waals surface area contributed by atoms with Gasteiger partial charge in [-0.15, -0.1) is 0 Å². The average molecular weight is 504 g/mol. The minimum Gasteiger partial charge on any atom is -0.380 e. The Labute approximate surface area is 187 Å². The zero-order valence-electron chi connectivity index (χ0n) is 15.8. The quantitative estimate of drug-likeness (QED) is 0.540. The standard InChI is InChI=1S/C20H21BrCl2N2O4/c1-11(13-3-5-14(21)6-4-13)24-19(28)17(26)18(27)20(29)25(2)10-12-7-15(22)9-16(23)8-12/h3-9,11,17-18,26-27H,10H2,1-2H3,(H,24,28). The number of nitrogens with one attached hydrogen (secondary N) is 1. The van der Waals surface area contributed by atoms with Crippen molar-refractivity contribution < 1.29 is 19.8 Å². The summed E-state index contributed by atoms with van der Waals surface area (Å²) < 4.78 is 0.893. The van der Waals surface area contributed by atoms with Crippen molar-refractivity contribution in [1.82, 2.24) is 10.2 Å². The number of halogens is 3. The highest BCUT2D eigenvalue weighted by Gasteiger charge is 2.33. The molecule has 2 amide bonds. The number of hydrogen-bond acceptors (Lipinski definition) is 4. The number of nitrogens with zero attached hydrogens (tertiary/aromatic N) is 1. The van der Waals surface area contributed by atoms with Gasteiger partial charge < -0.3 is 20.4 Å². The average Bonchev–Trinajstić information content (AvgIpc) is 2.65. The van der Waals surface area contributed by atoms with Crippen molar-refractivity contribution >= 4 is 50.9 Å². The summed E-state index contributed by atoms with van der Waals surface area (Å²) in [5.74, 6) is -1.65. The van der Waals surface area contributed by atoms with Crippen LogP contribution in [0.4, 0.5) is 0 Å². The van der Waals surface area contributed by atoms with E-state index in [1.165, 1.54) is 11.9 Å². The molecule has 2 rings (SSSR count). The third kappa shape index (κ3) is 6.69. The van der Waals surface area contributed by atoms with Gasteiger partial charge in [-0.2, -0.15) is 0 Å². The summed E-state index contributed by atoms with van der Waals surface area (Å²) in [5.41, 5.74) is 1.46. The van der Waals surface area contributed by atoms with E-state index in [0.29, 0.717) is 15.6 Å². The molecule has 0 aromatic heterocycles. The molecule has 3 atom stereocenters. The van der Waals surface area contributed by atoms with E-state index in [9.17, 15) is 19.8 Å². The summed E-state index contributed by atoms with van der Waals surface area (Å²) in [7, 11) is 1.44. The van der Waals surface area contributed by atoms with Crippen molar-refractivity contribution in [2.45, 2.75) is 31.7 Å². The number of amides is 2. The molecule has 0 saturated heterocycles. The van der Waals surface area contributed by atoms with E-state index in [2.05, 4.69) is 21.2 Å². The van der Waals surface area contributed by atoms with E-state index in [1.54, 1.807) is 25.1 Å². The van der Waals surface area contributed by atoms with Gasteiger partial charge in [0.1, 0.15) is 0 Å². The van der Waals surface area contributed by atoms with Crippen molar-refractivity contribution in [3.05, 3.63) is 68.1 Å². The molecular formula is C20H21BrCl2N2O4. The Hall–Kier alpha value is -1.64. The largest absolute Gasteiger partial charge is 0.380 e. The topological polar surface area (TPSA) is 89.9 Å². The Balaban J connectivity index is 1.97. The maximum absolute atomic E-state index is 12.4. The molecule has 0 heterocycles. The molecule has 2 aromatic rings. The van der Waals surface area contributed by atoms with Crippen molar-refractivity contribution in [2.75, 3.05) is 7.05 Å². The van der Waals surface area contributed by atoms with Crippen LogP contribution in [0.25, 0.3) is 0 Å². The minimum absolute atomic E-state index is 0.0970. The van der Waals surface area contributed by atoms with Gasteiger partial charge in [0, 0.05) is 28.1 Å². The first-order valence-corrected chi connectivity index (χ1v) is 10.2. The van der Waals surface area contributed by atoms with Crippen LogP contribution < -0.4 is 5.32 Å². The molecule has 0 spiro atoms. The molecule has 3 N–H and O–H groups in total. The Morgan fingerprint density at radius 2 is 1.62 bits per heavy atom. The highest BCUT2D eigenvalue weighted by atomic mass is 79.9. The lowest BCUT2D eigenvalue weighted by Crippen LogP contribution is -2.50. The van der Waals surface area contributed by atoms with Gasteiger partial charge in [-0.3, -0.25) is 9.59 Å². The summed E-state index contributed by atoms with van der Waals surface area (Å²) in [6.07, 6.45) is -3.82. The number of hydrogen-bond donors (Lipinski definition) is 3. The van der Waals surface area contributed by atoms with E-state index in [0.717, 1.165) is 10.0 Å². The number of carbonyl (C=O) groups excluding carboxylic acids is 2. The van der Waals surface area contributed by atoms with Crippen LogP contribution >= 0.6 is 39.1 Å². The summed E-state index contributed by atoms with van der Waals surface area (Å²) in [6.45, 7) is 1.83. The van der Waals surface area contributed by atoms with Crippen LogP contribution in [0, 0.1) is 0 Å². The molecule has 0 aliphatic heterocycles. The molecule has 0 aliphatic rings. The fourth-order valence-electron chi connectivity index (χ4n) is 2.69. The van der Waals surface area contributed by atoms with Gasteiger partial charge in [0.05, 0.1) is 6.04 Å². The first kappa shape index (κ1) is 23.6. The van der Waals surface area contributed by atoms with Gasteiger partial charge in [-0.05, 0) is 48.4 Å². The Kier molecular flexibility index (Phi) is 8.48. The van der Waals surface area contributed by atoms with E-state index < -0.39 is 30.1 Å². The van der Waals surface area contributed by atoms with Crippen molar-refractivity contribution in [1.29, 1.82) is 0 Å². The summed E-state index contributed by atoms with van der Waals surface area (Å²) in [5, 5.41) is 23.7. The normalized spacial score (nSPS) is 14.0. The number of benzene rings is 2. The zero-order chi connectivity index (χ0) is 21.7. The lowest BCUT2D eigenvalue weighted by Gasteiger charge is -2.24. The van der Waals surface area contributed by atoms with Crippen molar-refractivity contribution in [3.63, 3.8) is 0 Å². The molecule has 156 valence electrons. The lowest BCUT2D eigenvalue weighted by atomic mass is 10.1. The monoisotopic (exact) mass is 502 g/mol. The van der Waals surface area contributed by atoms with Gasteiger partial charge >= 0.3 is 0 Å². The molecule has 9 heteroatoms. The van der Waals surface area contributed by atoms with Gasteiger partial charge in [0.25, 0.3) is 11.8 Å². The summed E-state index contributed by atoms with van der Waals surface area (Å²) in [4.78, 5) is 25.9. The van der Waals surface area contributed by atoms with Crippen LogP contribution in [0.5, 0.6) is 0 Å². The van der Waals surface area contributed by atoms with Gasteiger partial charge in [0.15, 0.2) is 12.2 Å². The molecule has 0 radical (unpaired) electrons. The Bertz CT molecular complexity index is 859. The van der Waals surface area contributed by atoms with Gasteiger partial charge in [0.2, 0.25) is 0 Å². The maximum Gasteiger partial charge on any atom is 0.254 e. The third-order valence-corrected chi connectivity index (χ3v) is 5.23. The van der Waals surface area contributed by atoms with E-state index in [1.807, 2.05) is 24.3 Å². The van der Waals surface area contributed by atoms with Gasteiger partial charge in [-0.25, -0.2) is 0 Å². The molecule has 0 saturated carbocycles. The van der Waals surface area contributed by atoms with E-state index >= 15 is 0 Å². The molecule has 3 unspecified atom stereocenters. The zero-order valence-corrected chi connectivity index (χ0v) is 18.9. The van der Waals surface area contributed by atoms with Crippen molar-refractivity contribution in [2.24, 2.45) is 0 Å². The highest BCUT2D eigenvalue weighted by molar-refractivity contribution is 9.10. The van der Waals surface area contributed by atoms with Crippen LogP contribution in [0.1, 0.15) is 24.1 Å². The van der Waals surface area contributed by atoms with Crippen LogP contribution in [0.3, 0.4) is 0 Å². The van der Waals surface area contributed by atoms with Crippen LogP contribution in [-0.2, 0) is 16.1 Å². The second-order valence-corrected chi connectivity index (χ2v) is 8.43. The minimum atomic E-state index is -1.91. The van der Waals surface area contributed by atoms with Crippen LogP contribution in [0.15, 0.2) is 46.9 Å². The van der Waals surface area contributed by atoms with Gasteiger partial charge in [-0.1, -0.05) is 51.3 Å². The predicted octanol–water partition coefficient (Wildman–Crippen LogP) is 3.31. The van der Waals surface area contributed by atoms with E-state index in [4.69, 9.17) is 23.2 Å². The number of likely N-dealkylation sites (N-methyl/N-ethyl adjacent to an activating group) is 1. The second kappa shape index (κ2) is 10.4. The molecule has 0 bridgehead atoms. The molecular weight excluding hydrogens is 483 g/mol. The Morgan fingerprint density at radius 3 is 2.17 bits per heavy atom. The fraction of sp³-hybridized carbons (Fsp3) is 0.300. The summed E-state index contributed by atoms with van der Waals surface area (Å²) in [6, 6.07) is 11.7. The maximum atomic E-state index is 12.4. The third-order valence-electron chi connectivity index (χ3n) is 4.27. The molecule has 0 aliphatic carbocycles. The van der Waals surface area contributed by atoms with Crippen LogP contribution in [0.2, 0.25) is 10.0 Å². The van der Waals surface area contributed by atoms with E-state index in [-0.39, 0.29) is 6.54 Å². The number of carbonyl (C=O) groups is 2. The molecule has 2 aromatic carbocycles. The Morgan fingerprint density at radius 1 is 1.07 bits per heavy atom. The number of aliphatic hydroxyl groups excluding tert-OH is 2. The van der Waals surface area contributed by atoms with Crippen LogP contribution in [-0.4, -0.2) is 46.2 Å². The molecule has 29 heavy (non-hydrogen) atoms.